The van der Waals surface area contributed by atoms with Crippen molar-refractivity contribution in [3.8, 4) is 6.07 Å². The second kappa shape index (κ2) is 5.47. The minimum absolute atomic E-state index is 0.713. The third-order valence-electron chi connectivity index (χ3n) is 3.54. The smallest absolute Gasteiger partial charge is 0.118 e. The summed E-state index contributed by atoms with van der Waals surface area (Å²) in [7, 11) is 2.03. The zero-order valence-electron chi connectivity index (χ0n) is 12.2. The highest BCUT2D eigenvalue weighted by molar-refractivity contribution is 5.65. The second-order valence-corrected chi connectivity index (χ2v) is 5.32. The first kappa shape index (κ1) is 13.5. The van der Waals surface area contributed by atoms with Crippen molar-refractivity contribution in [1.82, 2.24) is 9.30 Å². The van der Waals surface area contributed by atoms with Crippen LogP contribution in [0.1, 0.15) is 22.6 Å². The van der Waals surface area contributed by atoms with Crippen LogP contribution in [0.5, 0.6) is 0 Å². The molecule has 0 saturated carbocycles. The van der Waals surface area contributed by atoms with Gasteiger partial charge in [0.2, 0.25) is 0 Å². The first-order valence-corrected chi connectivity index (χ1v) is 6.90. The van der Waals surface area contributed by atoms with Gasteiger partial charge in [-0.25, -0.2) is 0 Å². The molecule has 21 heavy (non-hydrogen) atoms. The van der Waals surface area contributed by atoms with Crippen LogP contribution < -0.4 is 0 Å². The molecule has 4 heteroatoms. The molecule has 3 rings (SSSR count). The Labute approximate surface area is 123 Å². The lowest BCUT2D eigenvalue weighted by Crippen LogP contribution is -2.17. The summed E-state index contributed by atoms with van der Waals surface area (Å²) < 4.78 is 7.59. The van der Waals surface area contributed by atoms with Crippen molar-refractivity contribution in [3.05, 3.63) is 65.4 Å². The van der Waals surface area contributed by atoms with Crippen LogP contribution in [-0.4, -0.2) is 16.3 Å². The van der Waals surface area contributed by atoms with Crippen LogP contribution in [0.3, 0.4) is 0 Å². The Morgan fingerprint density at radius 1 is 1.24 bits per heavy atom. The largest absolute Gasteiger partial charge is 0.465 e. The molecule has 0 saturated heterocycles. The van der Waals surface area contributed by atoms with Crippen LogP contribution in [0, 0.1) is 18.3 Å². The molecule has 0 fully saturated rings. The van der Waals surface area contributed by atoms with Gasteiger partial charge in [0.25, 0.3) is 0 Å². The van der Waals surface area contributed by atoms with Crippen molar-refractivity contribution in [1.29, 1.82) is 5.26 Å². The van der Waals surface area contributed by atoms with Gasteiger partial charge in [0.15, 0.2) is 0 Å². The maximum atomic E-state index is 9.41. The maximum Gasteiger partial charge on any atom is 0.118 e. The van der Waals surface area contributed by atoms with Crippen LogP contribution in [-0.2, 0) is 13.1 Å². The number of furan rings is 1. The Hall–Kier alpha value is -2.51. The standard InChI is InChI=1S/C17H17N3O/c1-13-6-7-15(21-13)12-19(2)10-14-11-20-8-4-3-5-17(20)16(14)9-18/h3-8,11H,10,12H2,1-2H3. The molecule has 0 amide bonds. The summed E-state index contributed by atoms with van der Waals surface area (Å²) in [4.78, 5) is 2.15. The number of hydrogen-bond donors (Lipinski definition) is 0. The molecule has 106 valence electrons. The predicted molar refractivity (Wildman–Crippen MR) is 80.7 cm³/mol. The summed E-state index contributed by atoms with van der Waals surface area (Å²) in [5.41, 5.74) is 2.74. The molecule has 0 aliphatic heterocycles. The Kier molecular flexibility index (Phi) is 3.51. The van der Waals surface area contributed by atoms with Gasteiger partial charge >= 0.3 is 0 Å². The molecule has 0 N–H and O–H groups in total. The highest BCUT2D eigenvalue weighted by Gasteiger charge is 2.12. The molecular weight excluding hydrogens is 262 g/mol. The quantitative estimate of drug-likeness (QED) is 0.735. The van der Waals surface area contributed by atoms with Crippen molar-refractivity contribution >= 4 is 5.52 Å². The number of aryl methyl sites for hydroxylation is 1. The average molecular weight is 279 g/mol. The average Bonchev–Trinajstić information content (AvgIpc) is 3.01. The zero-order chi connectivity index (χ0) is 14.8. The molecule has 4 nitrogen and oxygen atoms in total. The number of nitriles is 1. The molecule has 0 aromatic carbocycles. The third kappa shape index (κ3) is 2.69. The van der Waals surface area contributed by atoms with E-state index in [1.54, 1.807) is 0 Å². The lowest BCUT2D eigenvalue weighted by Gasteiger charge is -2.14. The molecule has 0 unspecified atom stereocenters. The number of pyridine rings is 1. The number of rotatable bonds is 4. The topological polar surface area (TPSA) is 44.6 Å². The zero-order valence-corrected chi connectivity index (χ0v) is 12.2. The van der Waals surface area contributed by atoms with Crippen LogP contribution in [0.15, 0.2) is 47.1 Å². The monoisotopic (exact) mass is 279 g/mol. The van der Waals surface area contributed by atoms with Crippen LogP contribution in [0.2, 0.25) is 0 Å². The number of fused-ring (bicyclic) bond motifs is 1. The van der Waals surface area contributed by atoms with Gasteiger partial charge in [-0.2, -0.15) is 5.26 Å². The van der Waals surface area contributed by atoms with E-state index in [0.717, 1.165) is 34.7 Å². The molecule has 0 atom stereocenters. The van der Waals surface area contributed by atoms with E-state index >= 15 is 0 Å². The SMILES string of the molecule is Cc1ccc(CN(C)Cc2cn3ccccc3c2C#N)o1. The molecular formula is C17H17N3O. The van der Waals surface area contributed by atoms with Crippen LogP contribution in [0.4, 0.5) is 0 Å². The molecule has 3 aromatic heterocycles. The first-order valence-electron chi connectivity index (χ1n) is 6.90. The van der Waals surface area contributed by atoms with Crippen molar-refractivity contribution in [2.24, 2.45) is 0 Å². The van der Waals surface area contributed by atoms with E-state index in [0.29, 0.717) is 6.54 Å². The Morgan fingerprint density at radius 3 is 2.81 bits per heavy atom. The van der Waals surface area contributed by atoms with E-state index in [1.807, 2.05) is 61.1 Å². The van der Waals surface area contributed by atoms with Gasteiger partial charge in [0, 0.05) is 24.5 Å². The van der Waals surface area contributed by atoms with E-state index < -0.39 is 0 Å². The molecule has 0 aliphatic carbocycles. The van der Waals surface area contributed by atoms with Crippen LogP contribution >= 0.6 is 0 Å². The summed E-state index contributed by atoms with van der Waals surface area (Å²) >= 11 is 0. The van der Waals surface area contributed by atoms with E-state index in [4.69, 9.17) is 4.42 Å². The van der Waals surface area contributed by atoms with E-state index in [1.165, 1.54) is 0 Å². The van der Waals surface area contributed by atoms with Crippen molar-refractivity contribution < 1.29 is 4.42 Å². The fourth-order valence-corrected chi connectivity index (χ4v) is 2.61. The molecule has 3 aromatic rings. The third-order valence-corrected chi connectivity index (χ3v) is 3.54. The maximum absolute atomic E-state index is 9.41. The number of aromatic nitrogens is 1. The van der Waals surface area contributed by atoms with Crippen molar-refractivity contribution in [2.75, 3.05) is 7.05 Å². The summed E-state index contributed by atoms with van der Waals surface area (Å²) in [5, 5.41) is 9.41. The first-order chi connectivity index (χ1) is 10.2. The van der Waals surface area contributed by atoms with Gasteiger partial charge in [0.05, 0.1) is 17.6 Å². The summed E-state index contributed by atoms with van der Waals surface area (Å²) in [5.74, 6) is 1.86. The Bertz CT molecular complexity index is 807. The fraction of sp³-hybridized carbons (Fsp3) is 0.235. The van der Waals surface area contributed by atoms with Gasteiger partial charge in [-0.3, -0.25) is 4.90 Å². The van der Waals surface area contributed by atoms with Gasteiger partial charge in [-0.05, 0) is 38.2 Å². The van der Waals surface area contributed by atoms with Crippen LogP contribution in [0.25, 0.3) is 5.52 Å². The van der Waals surface area contributed by atoms with Gasteiger partial charge in [0.1, 0.15) is 17.6 Å². The summed E-state index contributed by atoms with van der Waals surface area (Å²) in [6, 6.07) is 12.2. The lowest BCUT2D eigenvalue weighted by atomic mass is 10.1. The van der Waals surface area contributed by atoms with Crippen molar-refractivity contribution in [2.45, 2.75) is 20.0 Å². The molecule has 0 aliphatic rings. The van der Waals surface area contributed by atoms with Gasteiger partial charge in [-0.15, -0.1) is 0 Å². The normalized spacial score (nSPS) is 11.1. The number of hydrogen-bond acceptors (Lipinski definition) is 3. The highest BCUT2D eigenvalue weighted by atomic mass is 16.3. The summed E-state index contributed by atoms with van der Waals surface area (Å²) in [6.07, 6.45) is 3.99. The minimum Gasteiger partial charge on any atom is -0.465 e. The molecule has 3 heterocycles. The predicted octanol–water partition coefficient (Wildman–Crippen LogP) is 3.34. The summed E-state index contributed by atoms with van der Waals surface area (Å²) in [6.45, 7) is 3.38. The Balaban J connectivity index is 1.82. The van der Waals surface area contributed by atoms with Gasteiger partial charge < -0.3 is 8.82 Å². The van der Waals surface area contributed by atoms with Gasteiger partial charge in [-0.1, -0.05) is 6.07 Å². The number of nitrogens with zero attached hydrogens (tertiary/aromatic N) is 3. The minimum atomic E-state index is 0.713. The van der Waals surface area contributed by atoms with E-state index in [-0.39, 0.29) is 0 Å². The lowest BCUT2D eigenvalue weighted by molar-refractivity contribution is 0.285. The highest BCUT2D eigenvalue weighted by Crippen LogP contribution is 2.20. The fourth-order valence-electron chi connectivity index (χ4n) is 2.61. The van der Waals surface area contributed by atoms with Crippen molar-refractivity contribution in [3.63, 3.8) is 0 Å². The Morgan fingerprint density at radius 2 is 2.10 bits per heavy atom. The second-order valence-electron chi connectivity index (χ2n) is 5.32. The molecule has 0 spiro atoms. The van der Waals surface area contributed by atoms with E-state index in [2.05, 4.69) is 11.0 Å². The molecule has 0 radical (unpaired) electrons. The molecule has 0 bridgehead atoms. The van der Waals surface area contributed by atoms with E-state index in [9.17, 15) is 5.26 Å².